The summed E-state index contributed by atoms with van der Waals surface area (Å²) in [6, 6.07) is 13.7. The fourth-order valence-electron chi connectivity index (χ4n) is 7.96. The van der Waals surface area contributed by atoms with Crippen LogP contribution in [0, 0.1) is 40.4 Å². The van der Waals surface area contributed by atoms with E-state index in [2.05, 4.69) is 65.7 Å². The number of nitrogens with one attached hydrogen (secondary N) is 2. The highest BCUT2D eigenvalue weighted by molar-refractivity contribution is 7.59. The second kappa shape index (κ2) is 16.6. The molecule has 2 aliphatic carbocycles. The van der Waals surface area contributed by atoms with Gasteiger partial charge in [-0.25, -0.2) is 9.97 Å². The molecule has 2 spiro atoms. The van der Waals surface area contributed by atoms with Crippen molar-refractivity contribution >= 4 is 76.8 Å². The predicted molar refractivity (Wildman–Crippen MR) is 236 cm³/mol. The number of likely N-dealkylation sites (tertiary alicyclic amines) is 2. The summed E-state index contributed by atoms with van der Waals surface area (Å²) in [6.45, 7) is 11.9. The Hall–Kier alpha value is -3.02. The Morgan fingerprint density at radius 3 is 1.89 bits per heavy atom. The average molecular weight is 808 g/mol. The third-order valence-corrected chi connectivity index (χ3v) is 12.2. The number of imidazole rings is 2. The van der Waals surface area contributed by atoms with Gasteiger partial charge in [-0.05, 0) is 97.1 Å². The molecule has 4 heterocycles. The van der Waals surface area contributed by atoms with Crippen LogP contribution in [0.3, 0.4) is 0 Å². The summed E-state index contributed by atoms with van der Waals surface area (Å²) in [6.07, 6.45) is 8.51. The van der Waals surface area contributed by atoms with Gasteiger partial charge in [0.25, 0.3) is 0 Å². The molecule has 2 saturated heterocycles. The van der Waals surface area contributed by atoms with Gasteiger partial charge >= 0.3 is 0 Å². The number of H-pyrrole nitrogens is 2. The maximum Gasteiger partial charge on any atom is 0.240 e. The Bertz CT molecular complexity index is 2020. The first kappa shape index (κ1) is 43.7. The Balaban J connectivity index is 0.00000162. The zero-order chi connectivity index (χ0) is 34.9. The van der Waals surface area contributed by atoms with Crippen LogP contribution in [0.25, 0.3) is 22.3 Å². The highest BCUT2D eigenvalue weighted by Crippen LogP contribution is 2.59. The minimum Gasteiger partial charge on any atom is -0.340 e. The zero-order valence-electron chi connectivity index (χ0n) is 31.9. The topological polar surface area (TPSA) is 124 Å². The van der Waals surface area contributed by atoms with Crippen LogP contribution in [0.1, 0.15) is 108 Å². The highest BCUT2D eigenvalue weighted by atomic mass is 32.1. The second-order valence-electron chi connectivity index (χ2n) is 16.5. The van der Waals surface area contributed by atoms with Gasteiger partial charge in [0.15, 0.2) is 0 Å². The Morgan fingerprint density at radius 1 is 0.759 bits per heavy atom. The summed E-state index contributed by atoms with van der Waals surface area (Å²) in [7, 11) is 0. The van der Waals surface area contributed by atoms with Gasteiger partial charge in [0, 0.05) is 30.1 Å². The van der Waals surface area contributed by atoms with Crippen LogP contribution in [-0.2, 0) is 9.59 Å². The van der Waals surface area contributed by atoms with Crippen molar-refractivity contribution in [2.45, 2.75) is 91.3 Å². The molecule has 4 fully saturated rings. The van der Waals surface area contributed by atoms with Crippen LogP contribution >= 0.6 is 54.0 Å². The Labute approximate surface area is 347 Å². The lowest BCUT2D eigenvalue weighted by Crippen LogP contribution is -2.46. The van der Waals surface area contributed by atoms with E-state index in [0.717, 1.165) is 83.8 Å². The van der Waals surface area contributed by atoms with E-state index in [4.69, 9.17) is 15.7 Å². The Morgan fingerprint density at radius 2 is 1.31 bits per heavy atom. The molecule has 0 radical (unpaired) electrons. The third-order valence-electron chi connectivity index (χ3n) is 12.2. The lowest BCUT2D eigenvalue weighted by molar-refractivity contribution is -0.137. The maximum absolute atomic E-state index is 13.5. The highest BCUT2D eigenvalue weighted by Gasteiger charge is 2.56. The molecule has 13 heteroatoms. The molecule has 0 bridgehead atoms. The molecule has 4 N–H and O–H groups in total. The molecule has 8 rings (SSSR count). The first-order valence-corrected chi connectivity index (χ1v) is 18.5. The lowest BCUT2D eigenvalue weighted by Gasteiger charge is -2.28. The van der Waals surface area contributed by atoms with E-state index in [0.29, 0.717) is 5.92 Å². The SMILES string of the molecule is CC(C)[C@H](C)C(=O)N1CC2(CC2)C[C@H]1c1nc2ccc(C#Cc3ccc(-c4cnc([C@@H]5CC6(CC6)CN5C(=O)[C@@H](N)C(C)C)[nH]4)cc3)cc2[nH]1.S.S.S.S. The number of hydrogen-bond acceptors (Lipinski definition) is 5. The first-order chi connectivity index (χ1) is 23.9. The van der Waals surface area contributed by atoms with E-state index in [9.17, 15) is 9.59 Å². The maximum atomic E-state index is 13.5. The van der Waals surface area contributed by atoms with E-state index < -0.39 is 6.04 Å². The minimum absolute atomic E-state index is 0. The fraction of sp³-hybridized carbons (Fsp3) is 0.512. The number of hydrogen-bond donors (Lipinski definition) is 3. The molecule has 2 saturated carbocycles. The zero-order valence-corrected chi connectivity index (χ0v) is 35.9. The molecule has 2 aliphatic heterocycles. The molecular formula is C41H57N7O2S4. The van der Waals surface area contributed by atoms with E-state index in [1.165, 1.54) is 12.8 Å². The van der Waals surface area contributed by atoms with Gasteiger partial charge in [-0.3, -0.25) is 9.59 Å². The number of fused-ring (bicyclic) bond motifs is 1. The average Bonchev–Trinajstić information content (AvgIpc) is 3.72. The summed E-state index contributed by atoms with van der Waals surface area (Å²) in [5.41, 5.74) is 12.4. The van der Waals surface area contributed by atoms with Gasteiger partial charge < -0.3 is 25.5 Å². The van der Waals surface area contributed by atoms with E-state index in [1.54, 1.807) is 0 Å². The number of carbonyl (C=O) groups excluding carboxylic acids is 2. The quantitative estimate of drug-likeness (QED) is 0.171. The Kier molecular flexibility index (Phi) is 13.4. The van der Waals surface area contributed by atoms with Crippen molar-refractivity contribution in [2.75, 3.05) is 13.1 Å². The molecule has 4 aromatic rings. The van der Waals surface area contributed by atoms with Crippen molar-refractivity contribution in [2.24, 2.45) is 34.3 Å². The van der Waals surface area contributed by atoms with Gasteiger partial charge in [-0.2, -0.15) is 54.0 Å². The molecule has 0 unspecified atom stereocenters. The van der Waals surface area contributed by atoms with Gasteiger partial charge in [0.05, 0.1) is 41.0 Å². The smallest absolute Gasteiger partial charge is 0.240 e. The number of rotatable bonds is 7. The van der Waals surface area contributed by atoms with E-state index in [-0.39, 0.29) is 101 Å². The fourth-order valence-corrected chi connectivity index (χ4v) is 7.96. The van der Waals surface area contributed by atoms with E-state index >= 15 is 0 Å². The summed E-state index contributed by atoms with van der Waals surface area (Å²) in [4.78, 5) is 47.6. The van der Waals surface area contributed by atoms with Crippen LogP contribution in [-0.4, -0.2) is 60.7 Å². The molecule has 4 atom stereocenters. The summed E-state index contributed by atoms with van der Waals surface area (Å²) in [5, 5.41) is 0. The number of aromatic amines is 2. The number of carbonyl (C=O) groups is 2. The van der Waals surface area contributed by atoms with Crippen molar-refractivity contribution in [1.29, 1.82) is 0 Å². The minimum atomic E-state index is -0.499. The van der Waals surface area contributed by atoms with Crippen LogP contribution < -0.4 is 5.73 Å². The molecule has 2 aromatic carbocycles. The van der Waals surface area contributed by atoms with Gasteiger partial charge in [0.2, 0.25) is 11.8 Å². The lowest BCUT2D eigenvalue weighted by atomic mass is 9.96. The predicted octanol–water partition coefficient (Wildman–Crippen LogP) is 7.19. The second-order valence-corrected chi connectivity index (χ2v) is 16.5. The van der Waals surface area contributed by atoms with Crippen molar-refractivity contribution in [3.8, 4) is 23.1 Å². The number of nitrogens with two attached hydrogens (primary N) is 1. The van der Waals surface area contributed by atoms with Crippen LogP contribution in [0.4, 0.5) is 0 Å². The number of benzene rings is 2. The molecule has 9 nitrogen and oxygen atoms in total. The number of amides is 2. The number of nitrogens with zero attached hydrogens (tertiary/aromatic N) is 4. The largest absolute Gasteiger partial charge is 0.340 e. The number of aromatic nitrogens is 4. The van der Waals surface area contributed by atoms with Gasteiger partial charge in [-0.15, -0.1) is 0 Å². The summed E-state index contributed by atoms with van der Waals surface area (Å²) < 4.78 is 0. The summed E-state index contributed by atoms with van der Waals surface area (Å²) >= 11 is 0. The molecule has 292 valence electrons. The van der Waals surface area contributed by atoms with Crippen molar-refractivity contribution < 1.29 is 9.59 Å². The van der Waals surface area contributed by atoms with Crippen molar-refractivity contribution in [3.63, 3.8) is 0 Å². The molecular weight excluding hydrogens is 751 g/mol. The molecule has 4 aliphatic rings. The monoisotopic (exact) mass is 807 g/mol. The molecule has 54 heavy (non-hydrogen) atoms. The standard InChI is InChI=1S/C41H49N7O2.4H2S/c1-24(2)26(5)38(49)47-22-41(16-17-41)20-34(47)37-44-30-13-10-28(18-31(30)45-37)7-6-27-8-11-29(12-9-27)32-21-43-36(46-32)33-19-40(14-15-40)23-48(33)39(50)35(42)25(3)4;;;;/h8-13,18,21,24-26,33-35H,14-17,19-20,22-23,42H2,1-5H3,(H,43,46)(H,44,45);4*1H2/t26-,33-,34-,35-;;;;/m0..../s1. The van der Waals surface area contributed by atoms with Crippen molar-refractivity contribution in [3.05, 3.63) is 71.4 Å². The van der Waals surface area contributed by atoms with Crippen LogP contribution in [0.15, 0.2) is 48.7 Å². The summed E-state index contributed by atoms with van der Waals surface area (Å²) in [5.74, 6) is 9.01. The van der Waals surface area contributed by atoms with Crippen LogP contribution in [0.2, 0.25) is 0 Å². The van der Waals surface area contributed by atoms with Crippen LogP contribution in [0.5, 0.6) is 0 Å². The molecule has 2 amide bonds. The molecule has 2 aromatic heterocycles. The first-order valence-electron chi connectivity index (χ1n) is 18.5. The van der Waals surface area contributed by atoms with Crippen molar-refractivity contribution in [1.82, 2.24) is 29.7 Å². The normalized spacial score (nSPS) is 21.1. The van der Waals surface area contributed by atoms with Gasteiger partial charge in [-0.1, -0.05) is 58.6 Å². The van der Waals surface area contributed by atoms with Gasteiger partial charge in [0.1, 0.15) is 11.6 Å². The van der Waals surface area contributed by atoms with E-state index in [1.807, 2.05) is 49.2 Å². The third kappa shape index (κ3) is 8.38.